The van der Waals surface area contributed by atoms with Crippen LogP contribution in [-0.4, -0.2) is 57.1 Å². The number of carbonyl (C=O) groups is 5. The second kappa shape index (κ2) is 13.8. The van der Waals surface area contributed by atoms with Crippen molar-refractivity contribution in [3.63, 3.8) is 0 Å². The molecule has 0 spiro atoms. The summed E-state index contributed by atoms with van der Waals surface area (Å²) in [5.74, 6) is -8.36. The standard InChI is InChI=1S/C25H22FN3O7S.C2HF3O2/c1-25(2,24(35)29-13-4-6-15(21(30)31)16(10-13)22(32)33)11-14-5-8-19(37-14)23(34)36-18-7-3-12(20(27)28)9-17(18)26;3-2(4,5)1(6)7/h3-10H,11H2,1-2H3,(H3,27,28)(H,29,35)(H,30,31)(H,32,33);(H,6,7). The van der Waals surface area contributed by atoms with Gasteiger partial charge in [-0.15, -0.1) is 11.3 Å². The van der Waals surface area contributed by atoms with Gasteiger partial charge in [0.25, 0.3) is 0 Å². The molecule has 1 heterocycles. The van der Waals surface area contributed by atoms with Gasteiger partial charge in [-0.3, -0.25) is 10.2 Å². The Bertz CT molecular complexity index is 1630. The zero-order valence-electron chi connectivity index (χ0n) is 22.6. The third kappa shape index (κ3) is 9.35. The lowest BCUT2D eigenvalue weighted by Gasteiger charge is -2.23. The van der Waals surface area contributed by atoms with E-state index < -0.39 is 58.3 Å². The average Bonchev–Trinajstić information content (AvgIpc) is 3.37. The van der Waals surface area contributed by atoms with E-state index in [1.54, 1.807) is 19.9 Å². The Morgan fingerprint density at radius 1 is 0.932 bits per heavy atom. The van der Waals surface area contributed by atoms with Gasteiger partial charge in [0.1, 0.15) is 10.7 Å². The molecule has 0 atom stereocenters. The molecule has 7 N–H and O–H groups in total. The number of benzene rings is 2. The van der Waals surface area contributed by atoms with Crippen LogP contribution in [0.25, 0.3) is 0 Å². The predicted octanol–water partition coefficient (Wildman–Crippen LogP) is 4.63. The number of amidine groups is 1. The number of rotatable bonds is 9. The first-order valence-corrected chi connectivity index (χ1v) is 12.7. The number of alkyl halides is 3. The second-order valence-electron chi connectivity index (χ2n) is 9.40. The van der Waals surface area contributed by atoms with Crippen LogP contribution in [0.5, 0.6) is 5.75 Å². The first-order chi connectivity index (χ1) is 20.2. The number of carboxylic acids is 3. The van der Waals surface area contributed by atoms with Crippen LogP contribution >= 0.6 is 11.3 Å². The lowest BCUT2D eigenvalue weighted by Crippen LogP contribution is -2.32. The van der Waals surface area contributed by atoms with E-state index in [-0.39, 0.29) is 34.1 Å². The number of aromatic carboxylic acids is 2. The van der Waals surface area contributed by atoms with Crippen molar-refractivity contribution in [1.29, 1.82) is 5.41 Å². The van der Waals surface area contributed by atoms with E-state index in [2.05, 4.69) is 5.32 Å². The van der Waals surface area contributed by atoms with Gasteiger partial charge in [0, 0.05) is 21.5 Å². The number of thiophene rings is 1. The third-order valence-electron chi connectivity index (χ3n) is 5.52. The summed E-state index contributed by atoms with van der Waals surface area (Å²) in [4.78, 5) is 57.7. The predicted molar refractivity (Wildman–Crippen MR) is 147 cm³/mol. The van der Waals surface area contributed by atoms with Gasteiger partial charge in [-0.2, -0.15) is 13.2 Å². The second-order valence-corrected chi connectivity index (χ2v) is 10.6. The summed E-state index contributed by atoms with van der Waals surface area (Å²) in [6, 6.07) is 10.1. The molecule has 17 heteroatoms. The molecule has 0 saturated carbocycles. The van der Waals surface area contributed by atoms with E-state index in [1.807, 2.05) is 0 Å². The van der Waals surface area contributed by atoms with Gasteiger partial charge >= 0.3 is 30.1 Å². The smallest absolute Gasteiger partial charge is 0.478 e. The number of nitrogens with one attached hydrogen (secondary N) is 2. The molecule has 0 aliphatic carbocycles. The van der Waals surface area contributed by atoms with E-state index in [1.165, 1.54) is 24.3 Å². The molecule has 234 valence electrons. The Morgan fingerprint density at radius 3 is 2.02 bits per heavy atom. The molecule has 1 aromatic heterocycles. The molecule has 0 aliphatic rings. The number of halogens is 4. The zero-order valence-corrected chi connectivity index (χ0v) is 23.4. The monoisotopic (exact) mass is 641 g/mol. The number of nitrogens with two attached hydrogens (primary N) is 1. The molecule has 2 aromatic carbocycles. The van der Waals surface area contributed by atoms with E-state index in [0.29, 0.717) is 4.88 Å². The van der Waals surface area contributed by atoms with Gasteiger partial charge in [0.05, 0.1) is 11.1 Å². The molecule has 1 amide bonds. The fourth-order valence-electron chi connectivity index (χ4n) is 3.29. The molecule has 44 heavy (non-hydrogen) atoms. The largest absolute Gasteiger partial charge is 0.490 e. The SMILES string of the molecule is CC(C)(Cc1ccc(C(=O)Oc2ccc(C(=N)N)cc2F)s1)C(=O)Nc1ccc(C(=O)O)c(C(=O)O)c1.O=C(O)C(F)(F)F. The van der Waals surface area contributed by atoms with Crippen LogP contribution in [0.1, 0.15) is 54.7 Å². The molecule has 3 rings (SSSR count). The molecule has 3 aromatic rings. The Labute approximate surface area is 249 Å². The minimum absolute atomic E-state index is 0.119. The quantitative estimate of drug-likeness (QED) is 0.0626. The molecule has 0 radical (unpaired) electrons. The molecule has 0 unspecified atom stereocenters. The summed E-state index contributed by atoms with van der Waals surface area (Å²) in [6.07, 6.45) is -4.88. The molecule has 0 fully saturated rings. The molecular weight excluding hydrogens is 618 g/mol. The lowest BCUT2D eigenvalue weighted by atomic mass is 9.87. The van der Waals surface area contributed by atoms with Crippen LogP contribution in [0.3, 0.4) is 0 Å². The van der Waals surface area contributed by atoms with Crippen molar-refractivity contribution in [2.24, 2.45) is 11.1 Å². The van der Waals surface area contributed by atoms with Gasteiger partial charge in [-0.1, -0.05) is 13.8 Å². The number of anilines is 1. The number of ether oxygens (including phenoxy) is 1. The molecule has 0 saturated heterocycles. The van der Waals surface area contributed by atoms with Crippen molar-refractivity contribution in [3.05, 3.63) is 80.8 Å². The molecular formula is C27H23F4N3O9S. The minimum atomic E-state index is -5.08. The van der Waals surface area contributed by atoms with Crippen LogP contribution < -0.4 is 15.8 Å². The number of hydrogen-bond acceptors (Lipinski definition) is 8. The summed E-state index contributed by atoms with van der Waals surface area (Å²) in [5.41, 5.74) is 3.71. The molecule has 0 bridgehead atoms. The van der Waals surface area contributed by atoms with Crippen molar-refractivity contribution in [2.75, 3.05) is 5.32 Å². The summed E-state index contributed by atoms with van der Waals surface area (Å²) >= 11 is 1.06. The Kier molecular flexibility index (Phi) is 10.9. The average molecular weight is 642 g/mol. The van der Waals surface area contributed by atoms with Crippen molar-refractivity contribution < 1.29 is 61.6 Å². The van der Waals surface area contributed by atoms with Crippen LogP contribution in [0.2, 0.25) is 0 Å². The normalized spacial score (nSPS) is 11.0. The number of aliphatic carboxylic acids is 1. The maximum atomic E-state index is 14.2. The topological polar surface area (TPSA) is 217 Å². The van der Waals surface area contributed by atoms with Gasteiger partial charge in [-0.05, 0) is 55.0 Å². The summed E-state index contributed by atoms with van der Waals surface area (Å²) in [6.45, 7) is 3.30. The van der Waals surface area contributed by atoms with Crippen molar-refractivity contribution in [3.8, 4) is 5.75 Å². The van der Waals surface area contributed by atoms with Crippen LogP contribution in [-0.2, 0) is 16.0 Å². The first-order valence-electron chi connectivity index (χ1n) is 11.9. The number of hydrogen-bond donors (Lipinski definition) is 6. The van der Waals surface area contributed by atoms with Gasteiger partial charge in [0.15, 0.2) is 11.6 Å². The maximum Gasteiger partial charge on any atom is 0.490 e. The van der Waals surface area contributed by atoms with Gasteiger partial charge in [-0.25, -0.2) is 23.6 Å². The number of carboxylic acid groups (broad SMARTS) is 3. The minimum Gasteiger partial charge on any atom is -0.478 e. The number of esters is 1. The zero-order chi connectivity index (χ0) is 33.6. The first kappa shape index (κ1) is 34.9. The Morgan fingerprint density at radius 2 is 1.52 bits per heavy atom. The van der Waals surface area contributed by atoms with E-state index in [9.17, 15) is 41.8 Å². The maximum absolute atomic E-state index is 14.2. The number of amides is 1. The Hall–Kier alpha value is -5.32. The van der Waals surface area contributed by atoms with Crippen molar-refractivity contribution in [2.45, 2.75) is 26.4 Å². The fraction of sp³-hybridized carbons (Fsp3) is 0.185. The summed E-state index contributed by atoms with van der Waals surface area (Å²) < 4.78 is 51.0. The van der Waals surface area contributed by atoms with Crippen LogP contribution in [0, 0.1) is 16.6 Å². The van der Waals surface area contributed by atoms with Crippen LogP contribution in [0.15, 0.2) is 48.5 Å². The van der Waals surface area contributed by atoms with Gasteiger partial charge < -0.3 is 31.1 Å². The van der Waals surface area contributed by atoms with E-state index in [4.69, 9.17) is 30.9 Å². The molecule has 0 aliphatic heterocycles. The third-order valence-corrected chi connectivity index (χ3v) is 6.59. The van der Waals surface area contributed by atoms with Crippen LogP contribution in [0.4, 0.5) is 23.2 Å². The highest BCUT2D eigenvalue weighted by Crippen LogP contribution is 2.30. The number of carbonyl (C=O) groups excluding carboxylic acids is 2. The fourth-order valence-corrected chi connectivity index (χ4v) is 4.40. The van der Waals surface area contributed by atoms with E-state index in [0.717, 1.165) is 29.5 Å². The number of nitrogen functional groups attached to an aromatic ring is 1. The molecule has 12 nitrogen and oxygen atoms in total. The highest BCUT2D eigenvalue weighted by atomic mass is 32.1. The summed E-state index contributed by atoms with van der Waals surface area (Å²) in [5, 5.41) is 35.5. The Balaban J connectivity index is 0.000000860. The van der Waals surface area contributed by atoms with Crippen molar-refractivity contribution >= 4 is 52.6 Å². The van der Waals surface area contributed by atoms with Gasteiger partial charge in [0.2, 0.25) is 5.91 Å². The van der Waals surface area contributed by atoms with E-state index >= 15 is 0 Å². The lowest BCUT2D eigenvalue weighted by molar-refractivity contribution is -0.192. The highest BCUT2D eigenvalue weighted by molar-refractivity contribution is 7.14. The van der Waals surface area contributed by atoms with Crippen molar-refractivity contribution in [1.82, 2.24) is 0 Å². The summed E-state index contributed by atoms with van der Waals surface area (Å²) in [7, 11) is 0. The highest BCUT2D eigenvalue weighted by Gasteiger charge is 2.38.